The first-order valence-electron chi connectivity index (χ1n) is 6.32. The van der Waals surface area contributed by atoms with E-state index in [0.29, 0.717) is 0 Å². The second-order valence-corrected chi connectivity index (χ2v) is 4.06. The molecule has 0 saturated heterocycles. The molecule has 2 rings (SSSR count). The molecule has 0 aliphatic carbocycles. The van der Waals surface area contributed by atoms with Crippen molar-refractivity contribution >= 4 is 0 Å². The van der Waals surface area contributed by atoms with Crippen molar-refractivity contribution in [3.63, 3.8) is 0 Å². The van der Waals surface area contributed by atoms with Crippen LogP contribution in [-0.2, 0) is 0 Å². The Labute approximate surface area is 105 Å². The van der Waals surface area contributed by atoms with Gasteiger partial charge in [-0.2, -0.15) is 0 Å². The van der Waals surface area contributed by atoms with E-state index < -0.39 is 0 Å². The molecule has 0 N–H and O–H groups in total. The van der Waals surface area contributed by atoms with E-state index in [9.17, 15) is 0 Å². The van der Waals surface area contributed by atoms with Gasteiger partial charge < -0.3 is 0 Å². The molecule has 0 aliphatic rings. The van der Waals surface area contributed by atoms with Crippen LogP contribution >= 0.6 is 0 Å². The predicted octanol–water partition coefficient (Wildman–Crippen LogP) is 5.31. The molecule has 2 aromatic carbocycles. The van der Waals surface area contributed by atoms with Crippen molar-refractivity contribution in [2.24, 2.45) is 0 Å². The number of benzene rings is 2. The van der Waals surface area contributed by atoms with E-state index >= 15 is 0 Å². The van der Waals surface area contributed by atoms with Gasteiger partial charge >= 0.3 is 0 Å². The predicted molar refractivity (Wildman–Crippen MR) is 77.4 cm³/mol. The lowest BCUT2D eigenvalue weighted by Gasteiger charge is -2.10. The summed E-state index contributed by atoms with van der Waals surface area (Å²) >= 11 is 0. The molecule has 0 heterocycles. The van der Waals surface area contributed by atoms with Crippen molar-refractivity contribution in [1.29, 1.82) is 0 Å². The summed E-state index contributed by atoms with van der Waals surface area (Å²) in [6, 6.07) is 15.0. The van der Waals surface area contributed by atoms with E-state index in [4.69, 9.17) is 0 Å². The van der Waals surface area contributed by atoms with E-state index in [-0.39, 0.29) is 0 Å². The quantitative estimate of drug-likeness (QED) is 0.618. The molecule has 0 aliphatic heterocycles. The zero-order chi connectivity index (χ0) is 12.8. The monoisotopic (exact) mass is 226 g/mol. The molecule has 0 atom stereocenters. The Morgan fingerprint density at radius 3 is 1.76 bits per heavy atom. The van der Waals surface area contributed by atoms with Crippen molar-refractivity contribution in [3.05, 3.63) is 59.2 Å². The molecular weight excluding hydrogens is 204 g/mol. The number of hydrogen-bond donors (Lipinski definition) is 0. The van der Waals surface area contributed by atoms with Gasteiger partial charge in [0.15, 0.2) is 0 Å². The molecule has 0 bridgehead atoms. The molecule has 0 aromatic heterocycles. The van der Waals surface area contributed by atoms with Crippen molar-refractivity contribution in [2.45, 2.75) is 34.6 Å². The van der Waals surface area contributed by atoms with Gasteiger partial charge in [-0.25, -0.2) is 0 Å². The second-order valence-electron chi connectivity index (χ2n) is 4.06. The molecule has 17 heavy (non-hydrogen) atoms. The highest BCUT2D eigenvalue weighted by Crippen LogP contribution is 2.27. The summed E-state index contributed by atoms with van der Waals surface area (Å²) in [5.74, 6) is 0. The summed E-state index contributed by atoms with van der Waals surface area (Å²) in [5, 5.41) is 0. The van der Waals surface area contributed by atoms with E-state index in [0.717, 1.165) is 0 Å². The van der Waals surface area contributed by atoms with Gasteiger partial charge in [-0.05, 0) is 48.6 Å². The third-order valence-electron chi connectivity index (χ3n) is 3.04. The molecule has 0 fully saturated rings. The second kappa shape index (κ2) is 6.24. The van der Waals surface area contributed by atoms with Crippen LogP contribution in [-0.4, -0.2) is 0 Å². The summed E-state index contributed by atoms with van der Waals surface area (Å²) < 4.78 is 0. The van der Waals surface area contributed by atoms with E-state index in [1.165, 1.54) is 27.8 Å². The highest BCUT2D eigenvalue weighted by molar-refractivity contribution is 5.71. The van der Waals surface area contributed by atoms with Crippen molar-refractivity contribution < 1.29 is 0 Å². The van der Waals surface area contributed by atoms with Crippen LogP contribution < -0.4 is 0 Å². The Morgan fingerprint density at radius 2 is 1.12 bits per heavy atom. The maximum Gasteiger partial charge on any atom is -0.0149 e. The standard InChI is InChI=1S/C15H16.C2H6/c1-11-8-6-10-15(13(11)3)14-9-5-4-7-12(14)2;1-2/h4-10H,1-3H3;1-2H3. The summed E-state index contributed by atoms with van der Waals surface area (Å²) in [6.07, 6.45) is 0. The molecule has 2 aromatic rings. The number of hydrogen-bond acceptors (Lipinski definition) is 0. The van der Waals surface area contributed by atoms with Crippen LogP contribution in [0.2, 0.25) is 0 Å². The fraction of sp³-hybridized carbons (Fsp3) is 0.294. The van der Waals surface area contributed by atoms with E-state index in [2.05, 4.69) is 63.2 Å². The first kappa shape index (κ1) is 13.5. The number of aryl methyl sites for hydroxylation is 2. The van der Waals surface area contributed by atoms with Crippen LogP contribution in [0, 0.1) is 20.8 Å². The van der Waals surface area contributed by atoms with Crippen LogP contribution in [0.5, 0.6) is 0 Å². The van der Waals surface area contributed by atoms with E-state index in [1.807, 2.05) is 13.8 Å². The Bertz CT molecular complexity index is 481. The van der Waals surface area contributed by atoms with Crippen LogP contribution in [0.1, 0.15) is 30.5 Å². The smallest absolute Gasteiger partial charge is 0.0149 e. The van der Waals surface area contributed by atoms with Gasteiger partial charge in [-0.3, -0.25) is 0 Å². The van der Waals surface area contributed by atoms with Gasteiger partial charge in [0.05, 0.1) is 0 Å². The average Bonchev–Trinajstić information content (AvgIpc) is 2.36. The molecule has 0 heteroatoms. The average molecular weight is 226 g/mol. The fourth-order valence-electron chi connectivity index (χ4n) is 1.92. The Kier molecular flexibility index (Phi) is 4.96. The molecule has 0 saturated carbocycles. The van der Waals surface area contributed by atoms with Crippen molar-refractivity contribution in [2.75, 3.05) is 0 Å². The molecule has 90 valence electrons. The fourth-order valence-corrected chi connectivity index (χ4v) is 1.92. The summed E-state index contributed by atoms with van der Waals surface area (Å²) in [7, 11) is 0. The van der Waals surface area contributed by atoms with Gasteiger partial charge in [-0.1, -0.05) is 56.3 Å². The Balaban J connectivity index is 0.000000686. The lowest BCUT2D eigenvalue weighted by molar-refractivity contribution is 1.33. The maximum absolute atomic E-state index is 2.20. The van der Waals surface area contributed by atoms with E-state index in [1.54, 1.807) is 0 Å². The largest absolute Gasteiger partial charge is 0.0683 e. The Hall–Kier alpha value is -1.56. The molecule has 0 nitrogen and oxygen atoms in total. The third-order valence-corrected chi connectivity index (χ3v) is 3.04. The topological polar surface area (TPSA) is 0 Å². The lowest BCUT2D eigenvalue weighted by Crippen LogP contribution is -1.88. The Morgan fingerprint density at radius 1 is 0.588 bits per heavy atom. The third kappa shape index (κ3) is 2.97. The zero-order valence-electron chi connectivity index (χ0n) is 11.5. The minimum atomic E-state index is 1.34. The molecule has 0 unspecified atom stereocenters. The summed E-state index contributed by atoms with van der Waals surface area (Å²) in [4.78, 5) is 0. The summed E-state index contributed by atoms with van der Waals surface area (Å²) in [6.45, 7) is 10.5. The van der Waals surface area contributed by atoms with Crippen molar-refractivity contribution in [1.82, 2.24) is 0 Å². The highest BCUT2D eigenvalue weighted by Gasteiger charge is 2.04. The first-order chi connectivity index (χ1) is 8.20. The van der Waals surface area contributed by atoms with Crippen LogP contribution in [0.4, 0.5) is 0 Å². The minimum absolute atomic E-state index is 1.34. The summed E-state index contributed by atoms with van der Waals surface area (Å²) in [5.41, 5.74) is 6.78. The van der Waals surface area contributed by atoms with Crippen molar-refractivity contribution in [3.8, 4) is 11.1 Å². The van der Waals surface area contributed by atoms with Gasteiger partial charge in [0, 0.05) is 0 Å². The molecular formula is C17H22. The van der Waals surface area contributed by atoms with Crippen LogP contribution in [0.25, 0.3) is 11.1 Å². The van der Waals surface area contributed by atoms with Gasteiger partial charge in [-0.15, -0.1) is 0 Å². The molecule has 0 amide bonds. The van der Waals surface area contributed by atoms with Gasteiger partial charge in [0.25, 0.3) is 0 Å². The lowest BCUT2D eigenvalue weighted by atomic mass is 9.94. The first-order valence-corrected chi connectivity index (χ1v) is 6.32. The van der Waals surface area contributed by atoms with Gasteiger partial charge in [0.2, 0.25) is 0 Å². The highest BCUT2D eigenvalue weighted by atomic mass is 14.1. The SMILES string of the molecule is CC.Cc1ccccc1-c1cccc(C)c1C. The molecule has 0 radical (unpaired) electrons. The van der Waals surface area contributed by atoms with Crippen LogP contribution in [0.3, 0.4) is 0 Å². The number of rotatable bonds is 1. The molecule has 0 spiro atoms. The zero-order valence-corrected chi connectivity index (χ0v) is 11.5. The normalized spacial score (nSPS) is 9.47. The minimum Gasteiger partial charge on any atom is -0.0683 e. The van der Waals surface area contributed by atoms with Crippen LogP contribution in [0.15, 0.2) is 42.5 Å². The van der Waals surface area contributed by atoms with Gasteiger partial charge in [0.1, 0.15) is 0 Å². The maximum atomic E-state index is 2.20.